The first-order chi connectivity index (χ1) is 10.6. The highest BCUT2D eigenvalue weighted by Gasteiger charge is 2.51. The second-order valence-corrected chi connectivity index (χ2v) is 7.53. The molecule has 1 unspecified atom stereocenters. The molecule has 1 heterocycles. The SMILES string of the molecule is CC(=O)O[Si](CCCC1CC(=O)OC1=O)(OC(C)=O)OC(C)=O. The van der Waals surface area contributed by atoms with Gasteiger partial charge in [-0.05, 0) is 12.8 Å². The van der Waals surface area contributed by atoms with Crippen LogP contribution in [0.25, 0.3) is 0 Å². The summed E-state index contributed by atoms with van der Waals surface area (Å²) in [7, 11) is -3.88. The van der Waals surface area contributed by atoms with E-state index >= 15 is 0 Å². The monoisotopic (exact) mass is 346 g/mol. The van der Waals surface area contributed by atoms with Crippen molar-refractivity contribution < 1.29 is 42.0 Å². The van der Waals surface area contributed by atoms with Gasteiger partial charge < -0.3 is 18.0 Å². The molecule has 0 bridgehead atoms. The van der Waals surface area contributed by atoms with Crippen LogP contribution in [0.5, 0.6) is 0 Å². The highest BCUT2D eigenvalue weighted by molar-refractivity contribution is 6.65. The first-order valence-electron chi connectivity index (χ1n) is 6.97. The summed E-state index contributed by atoms with van der Waals surface area (Å²) >= 11 is 0. The van der Waals surface area contributed by atoms with Gasteiger partial charge in [-0.15, -0.1) is 0 Å². The van der Waals surface area contributed by atoms with E-state index in [1.165, 1.54) is 0 Å². The smallest absolute Gasteiger partial charge is 0.455 e. The van der Waals surface area contributed by atoms with Crippen LogP contribution >= 0.6 is 0 Å². The Kier molecular flexibility index (Phi) is 6.43. The lowest BCUT2D eigenvalue weighted by molar-refractivity contribution is -0.154. The quantitative estimate of drug-likeness (QED) is 0.368. The first kappa shape index (κ1) is 18.8. The topological polar surface area (TPSA) is 122 Å². The number of hydrogen-bond acceptors (Lipinski definition) is 9. The van der Waals surface area contributed by atoms with Gasteiger partial charge in [-0.3, -0.25) is 24.0 Å². The third-order valence-corrected chi connectivity index (χ3v) is 5.66. The van der Waals surface area contributed by atoms with Crippen molar-refractivity contribution in [2.24, 2.45) is 5.92 Å². The van der Waals surface area contributed by atoms with Crippen LogP contribution in [0, 0.1) is 5.92 Å². The Morgan fingerprint density at radius 3 is 1.87 bits per heavy atom. The maximum absolute atomic E-state index is 11.4. The summed E-state index contributed by atoms with van der Waals surface area (Å²) in [5.74, 6) is -4.07. The van der Waals surface area contributed by atoms with Gasteiger partial charge in [0.2, 0.25) is 0 Å². The second-order valence-electron chi connectivity index (χ2n) is 5.05. The number of ether oxygens (including phenoxy) is 1. The van der Waals surface area contributed by atoms with Gasteiger partial charge in [0, 0.05) is 20.8 Å². The molecule has 0 spiro atoms. The fourth-order valence-corrected chi connectivity index (χ4v) is 4.56. The molecular weight excluding hydrogens is 328 g/mol. The Morgan fingerprint density at radius 1 is 1.04 bits per heavy atom. The van der Waals surface area contributed by atoms with E-state index in [9.17, 15) is 24.0 Å². The zero-order chi connectivity index (χ0) is 17.6. The Bertz CT molecular complexity index is 487. The van der Waals surface area contributed by atoms with E-state index in [0.717, 1.165) is 20.8 Å². The highest BCUT2D eigenvalue weighted by Crippen LogP contribution is 2.26. The van der Waals surface area contributed by atoms with E-state index < -0.39 is 44.6 Å². The maximum atomic E-state index is 11.4. The highest BCUT2D eigenvalue weighted by atomic mass is 28.4. The summed E-state index contributed by atoms with van der Waals surface area (Å²) in [4.78, 5) is 56.1. The molecule has 23 heavy (non-hydrogen) atoms. The van der Waals surface area contributed by atoms with Crippen molar-refractivity contribution in [1.82, 2.24) is 0 Å². The van der Waals surface area contributed by atoms with Crippen LogP contribution in [0.2, 0.25) is 6.04 Å². The van der Waals surface area contributed by atoms with Crippen molar-refractivity contribution in [1.29, 1.82) is 0 Å². The van der Waals surface area contributed by atoms with Crippen molar-refractivity contribution in [2.75, 3.05) is 0 Å². The van der Waals surface area contributed by atoms with E-state index in [4.69, 9.17) is 13.3 Å². The van der Waals surface area contributed by atoms with E-state index in [1.807, 2.05) is 0 Å². The number of carbonyl (C=O) groups excluding carboxylic acids is 5. The van der Waals surface area contributed by atoms with Crippen LogP contribution in [0.4, 0.5) is 0 Å². The van der Waals surface area contributed by atoms with Crippen molar-refractivity contribution in [3.8, 4) is 0 Å². The average Bonchev–Trinajstić information content (AvgIpc) is 2.64. The lowest BCUT2D eigenvalue weighted by atomic mass is 10.0. The molecule has 0 aliphatic carbocycles. The average molecular weight is 346 g/mol. The minimum absolute atomic E-state index is 0.0257. The zero-order valence-corrected chi connectivity index (χ0v) is 14.1. The molecule has 0 radical (unpaired) electrons. The second kappa shape index (κ2) is 7.86. The summed E-state index contributed by atoms with van der Waals surface area (Å²) in [5.41, 5.74) is 0. The predicted molar refractivity (Wildman–Crippen MR) is 74.3 cm³/mol. The number of carbonyl (C=O) groups is 5. The molecule has 1 fully saturated rings. The molecule has 0 saturated carbocycles. The number of esters is 2. The summed E-state index contributed by atoms with van der Waals surface area (Å²) < 4.78 is 19.4. The molecule has 0 aromatic rings. The van der Waals surface area contributed by atoms with Gasteiger partial charge in [-0.25, -0.2) is 0 Å². The molecule has 10 heteroatoms. The third-order valence-electron chi connectivity index (χ3n) is 2.89. The van der Waals surface area contributed by atoms with Gasteiger partial charge >= 0.3 is 20.7 Å². The van der Waals surface area contributed by atoms with Crippen LogP contribution in [-0.4, -0.2) is 38.7 Å². The minimum Gasteiger partial charge on any atom is -0.455 e. The van der Waals surface area contributed by atoms with E-state index in [1.54, 1.807) is 0 Å². The van der Waals surface area contributed by atoms with Crippen LogP contribution in [0.1, 0.15) is 40.0 Å². The molecule has 9 nitrogen and oxygen atoms in total. The van der Waals surface area contributed by atoms with Crippen LogP contribution in [-0.2, 0) is 42.0 Å². The first-order valence-corrected chi connectivity index (χ1v) is 8.90. The third kappa shape index (κ3) is 6.18. The summed E-state index contributed by atoms with van der Waals surface area (Å²) in [5, 5.41) is 0. The van der Waals surface area contributed by atoms with Gasteiger partial charge in [0.25, 0.3) is 17.9 Å². The number of cyclic esters (lactones) is 2. The van der Waals surface area contributed by atoms with Gasteiger partial charge in [0.15, 0.2) is 0 Å². The summed E-state index contributed by atoms with van der Waals surface area (Å²) in [6.45, 7) is 3.30. The molecule has 1 atom stereocenters. The molecule has 1 saturated heterocycles. The summed E-state index contributed by atoms with van der Waals surface area (Å²) in [6.07, 6.45) is 0.471. The fraction of sp³-hybridized carbons (Fsp3) is 0.615. The predicted octanol–water partition coefficient (Wildman–Crippen LogP) is 0.484. The largest absolute Gasteiger partial charge is 0.705 e. The van der Waals surface area contributed by atoms with Gasteiger partial charge in [-0.1, -0.05) is 0 Å². The molecule has 1 aliphatic rings. The summed E-state index contributed by atoms with van der Waals surface area (Å²) in [6, 6.07) is -0.0380. The Morgan fingerprint density at radius 2 is 1.52 bits per heavy atom. The lowest BCUT2D eigenvalue weighted by Crippen LogP contribution is -2.49. The maximum Gasteiger partial charge on any atom is 0.705 e. The molecule has 0 aromatic carbocycles. The number of hydrogen-bond donors (Lipinski definition) is 0. The van der Waals surface area contributed by atoms with Gasteiger partial charge in [-0.2, -0.15) is 0 Å². The number of rotatable bonds is 7. The Hall–Kier alpha value is -2.23. The van der Waals surface area contributed by atoms with Crippen molar-refractivity contribution in [3.05, 3.63) is 0 Å². The van der Waals surface area contributed by atoms with Crippen LogP contribution < -0.4 is 0 Å². The Labute approximate surface area is 133 Å². The van der Waals surface area contributed by atoms with Crippen molar-refractivity contribution in [3.63, 3.8) is 0 Å². The van der Waals surface area contributed by atoms with Crippen molar-refractivity contribution >= 4 is 38.7 Å². The van der Waals surface area contributed by atoms with Gasteiger partial charge in [0.05, 0.1) is 18.4 Å². The Balaban J connectivity index is 2.75. The van der Waals surface area contributed by atoms with Crippen LogP contribution in [0.3, 0.4) is 0 Å². The fourth-order valence-electron chi connectivity index (χ4n) is 2.18. The normalized spacial score (nSPS) is 17.4. The van der Waals surface area contributed by atoms with E-state index in [2.05, 4.69) is 4.74 Å². The molecule has 0 amide bonds. The zero-order valence-electron chi connectivity index (χ0n) is 13.1. The van der Waals surface area contributed by atoms with Gasteiger partial charge in [0.1, 0.15) is 0 Å². The molecular formula is C13H18O9Si. The van der Waals surface area contributed by atoms with E-state index in [0.29, 0.717) is 0 Å². The minimum atomic E-state index is -3.88. The lowest BCUT2D eigenvalue weighted by Gasteiger charge is -2.26. The molecule has 0 aromatic heterocycles. The molecule has 128 valence electrons. The van der Waals surface area contributed by atoms with Crippen molar-refractivity contribution in [2.45, 2.75) is 46.1 Å². The molecule has 1 rings (SSSR count). The molecule has 1 aliphatic heterocycles. The van der Waals surface area contributed by atoms with E-state index in [-0.39, 0.29) is 25.3 Å². The molecule has 0 N–H and O–H groups in total. The van der Waals surface area contributed by atoms with Crippen LogP contribution in [0.15, 0.2) is 0 Å². The standard InChI is InChI=1S/C13H18O9Si/c1-8(14)20-23(21-9(2)15,22-10(3)16)6-4-5-11-7-12(17)19-13(11)18/h11H,4-7H2,1-3H3.